The highest BCUT2D eigenvalue weighted by Gasteiger charge is 2.10. The molecule has 1 rings (SSSR count). The third-order valence-electron chi connectivity index (χ3n) is 1.97. The molecule has 1 aromatic rings. The van der Waals surface area contributed by atoms with Crippen molar-refractivity contribution in [2.75, 3.05) is 7.11 Å². The molecular weight excluding hydrogens is 192 g/mol. The van der Waals surface area contributed by atoms with E-state index in [0.717, 1.165) is 0 Å². The van der Waals surface area contributed by atoms with Crippen molar-refractivity contribution in [2.24, 2.45) is 0 Å². The molecule has 0 saturated heterocycles. The predicted molar refractivity (Wildman–Crippen MR) is 52.4 cm³/mol. The fraction of sp³-hybridized carbons (Fsp3) is 0.182. The summed E-state index contributed by atoms with van der Waals surface area (Å²) < 4.78 is 4.97. The molecule has 15 heavy (non-hydrogen) atoms. The van der Waals surface area contributed by atoms with E-state index in [1.165, 1.54) is 13.2 Å². The second-order valence-corrected chi connectivity index (χ2v) is 2.82. The maximum absolute atomic E-state index is 10.7. The number of hydrogen-bond acceptors (Lipinski definition) is 4. The van der Waals surface area contributed by atoms with E-state index in [1.807, 2.05) is 12.1 Å². The van der Waals surface area contributed by atoms with Gasteiger partial charge in [0.15, 0.2) is 6.29 Å². The zero-order chi connectivity index (χ0) is 11.3. The molecule has 0 atom stereocenters. The predicted octanol–water partition coefficient (Wildman–Crippen LogP) is 1.45. The van der Waals surface area contributed by atoms with Crippen LogP contribution in [0.3, 0.4) is 0 Å². The highest BCUT2D eigenvalue weighted by atomic mass is 16.5. The first-order valence-corrected chi connectivity index (χ1v) is 4.20. The first kappa shape index (κ1) is 10.7. The number of nitriles is 2. The van der Waals surface area contributed by atoms with Crippen LogP contribution in [0.15, 0.2) is 12.1 Å². The quantitative estimate of drug-likeness (QED) is 0.692. The van der Waals surface area contributed by atoms with E-state index in [4.69, 9.17) is 15.3 Å². The lowest BCUT2D eigenvalue weighted by Crippen LogP contribution is -1.97. The molecule has 74 valence electrons. The van der Waals surface area contributed by atoms with Gasteiger partial charge in [0.2, 0.25) is 0 Å². The molecule has 0 amide bonds. The maximum Gasteiger partial charge on any atom is 0.151 e. The average molecular weight is 200 g/mol. The highest BCUT2D eigenvalue weighted by Crippen LogP contribution is 2.21. The number of methoxy groups -OCH3 is 1. The van der Waals surface area contributed by atoms with Crippen LogP contribution >= 0.6 is 0 Å². The molecule has 0 aliphatic carbocycles. The third-order valence-corrected chi connectivity index (χ3v) is 1.97. The van der Waals surface area contributed by atoms with Crippen molar-refractivity contribution in [1.82, 2.24) is 0 Å². The lowest BCUT2D eigenvalue weighted by molar-refractivity contribution is 0.112. The molecule has 0 N–H and O–H groups in total. The average Bonchev–Trinajstić information content (AvgIpc) is 2.28. The van der Waals surface area contributed by atoms with Gasteiger partial charge in [-0.3, -0.25) is 4.79 Å². The molecule has 0 aromatic heterocycles. The zero-order valence-corrected chi connectivity index (χ0v) is 8.15. The van der Waals surface area contributed by atoms with Gasteiger partial charge in [-0.25, -0.2) is 0 Å². The molecule has 0 unspecified atom stereocenters. The van der Waals surface area contributed by atoms with Crippen LogP contribution in [0.5, 0.6) is 5.75 Å². The minimum absolute atomic E-state index is 0.0843. The lowest BCUT2D eigenvalue weighted by atomic mass is 10.0. The van der Waals surface area contributed by atoms with Gasteiger partial charge in [-0.2, -0.15) is 10.5 Å². The Balaban J connectivity index is 3.41. The molecule has 0 bridgehead atoms. The molecule has 1 aromatic carbocycles. The normalized spacial score (nSPS) is 8.73. The molecule has 0 heterocycles. The molecule has 0 aliphatic rings. The fourth-order valence-electron chi connectivity index (χ4n) is 1.27. The number of aldehydes is 1. The van der Waals surface area contributed by atoms with Crippen LogP contribution in [0, 0.1) is 22.7 Å². The van der Waals surface area contributed by atoms with Gasteiger partial charge in [-0.05, 0) is 17.7 Å². The van der Waals surface area contributed by atoms with E-state index >= 15 is 0 Å². The van der Waals surface area contributed by atoms with Gasteiger partial charge in [0.25, 0.3) is 0 Å². The Labute approximate surface area is 87.3 Å². The Kier molecular flexibility index (Phi) is 3.43. The lowest BCUT2D eigenvalue weighted by Gasteiger charge is -2.06. The number of benzene rings is 1. The summed E-state index contributed by atoms with van der Waals surface area (Å²) in [5.41, 5.74) is 1.01. The van der Waals surface area contributed by atoms with E-state index in [9.17, 15) is 4.79 Å². The van der Waals surface area contributed by atoms with E-state index in [-0.39, 0.29) is 17.5 Å². The van der Waals surface area contributed by atoms with Crippen LogP contribution in [0.1, 0.15) is 21.5 Å². The Bertz CT molecular complexity index is 467. The molecule has 0 saturated carbocycles. The maximum atomic E-state index is 10.7. The van der Waals surface area contributed by atoms with Crippen molar-refractivity contribution in [2.45, 2.75) is 6.42 Å². The number of ether oxygens (including phenoxy) is 1. The largest absolute Gasteiger partial charge is 0.497 e. The van der Waals surface area contributed by atoms with E-state index in [2.05, 4.69) is 0 Å². The molecule has 0 fully saturated rings. The molecule has 0 spiro atoms. The number of carbonyl (C=O) groups excluding carboxylic acids is 1. The molecule has 4 nitrogen and oxygen atoms in total. The van der Waals surface area contributed by atoms with Gasteiger partial charge in [0.1, 0.15) is 11.8 Å². The van der Waals surface area contributed by atoms with E-state index in [0.29, 0.717) is 17.6 Å². The summed E-state index contributed by atoms with van der Waals surface area (Å²) in [7, 11) is 1.46. The Morgan fingerprint density at radius 3 is 2.67 bits per heavy atom. The topological polar surface area (TPSA) is 73.9 Å². The minimum atomic E-state index is 0.0843. The minimum Gasteiger partial charge on any atom is -0.497 e. The summed E-state index contributed by atoms with van der Waals surface area (Å²) in [6, 6.07) is 6.92. The Morgan fingerprint density at radius 1 is 1.47 bits per heavy atom. The second-order valence-electron chi connectivity index (χ2n) is 2.82. The van der Waals surface area contributed by atoms with E-state index in [1.54, 1.807) is 6.07 Å². The van der Waals surface area contributed by atoms with E-state index < -0.39 is 0 Å². The monoisotopic (exact) mass is 200 g/mol. The SMILES string of the molecule is COc1cc(C=O)c(C#N)c(CC#N)c1. The number of rotatable bonds is 3. The van der Waals surface area contributed by atoms with Crippen LogP contribution in [-0.4, -0.2) is 13.4 Å². The summed E-state index contributed by atoms with van der Waals surface area (Å²) in [6.07, 6.45) is 0.670. The van der Waals surface area contributed by atoms with Crippen molar-refractivity contribution in [3.63, 3.8) is 0 Å². The van der Waals surface area contributed by atoms with Crippen LogP contribution in [-0.2, 0) is 6.42 Å². The van der Waals surface area contributed by atoms with Crippen molar-refractivity contribution >= 4 is 6.29 Å². The summed E-state index contributed by atoms with van der Waals surface area (Å²) in [5, 5.41) is 17.4. The van der Waals surface area contributed by atoms with Crippen molar-refractivity contribution in [1.29, 1.82) is 10.5 Å². The molecular formula is C11H8N2O2. The summed E-state index contributed by atoms with van der Waals surface area (Å²) in [5.74, 6) is 0.473. The summed E-state index contributed by atoms with van der Waals surface area (Å²) >= 11 is 0. The Morgan fingerprint density at radius 2 is 2.20 bits per heavy atom. The van der Waals surface area contributed by atoms with Gasteiger partial charge in [-0.1, -0.05) is 0 Å². The van der Waals surface area contributed by atoms with Crippen LogP contribution in [0.4, 0.5) is 0 Å². The van der Waals surface area contributed by atoms with Gasteiger partial charge in [0, 0.05) is 5.56 Å². The van der Waals surface area contributed by atoms with Gasteiger partial charge >= 0.3 is 0 Å². The van der Waals surface area contributed by atoms with Crippen molar-refractivity contribution < 1.29 is 9.53 Å². The molecule has 0 radical (unpaired) electrons. The van der Waals surface area contributed by atoms with Gasteiger partial charge in [-0.15, -0.1) is 0 Å². The third kappa shape index (κ3) is 2.12. The number of nitrogens with zero attached hydrogens (tertiary/aromatic N) is 2. The highest BCUT2D eigenvalue weighted by molar-refractivity contribution is 5.81. The first-order valence-electron chi connectivity index (χ1n) is 4.20. The van der Waals surface area contributed by atoms with Gasteiger partial charge in [0.05, 0.1) is 25.2 Å². The second kappa shape index (κ2) is 4.78. The van der Waals surface area contributed by atoms with Crippen molar-refractivity contribution in [3.8, 4) is 17.9 Å². The standard InChI is InChI=1S/C11H8N2O2/c1-15-10-4-8(2-3-12)11(6-13)9(5-10)7-14/h4-5,7H,2H2,1H3. The zero-order valence-electron chi connectivity index (χ0n) is 8.15. The smallest absolute Gasteiger partial charge is 0.151 e. The summed E-state index contributed by atoms with van der Waals surface area (Å²) in [4.78, 5) is 10.7. The number of hydrogen-bond donors (Lipinski definition) is 0. The van der Waals surface area contributed by atoms with Crippen molar-refractivity contribution in [3.05, 3.63) is 28.8 Å². The summed E-state index contributed by atoms with van der Waals surface area (Å²) in [6.45, 7) is 0. The fourth-order valence-corrected chi connectivity index (χ4v) is 1.27. The molecule has 4 heteroatoms. The number of carbonyl (C=O) groups is 1. The van der Waals surface area contributed by atoms with Crippen LogP contribution in [0.25, 0.3) is 0 Å². The Hall–Kier alpha value is -2.33. The molecule has 0 aliphatic heterocycles. The van der Waals surface area contributed by atoms with Crippen LogP contribution < -0.4 is 4.74 Å². The van der Waals surface area contributed by atoms with Crippen LogP contribution in [0.2, 0.25) is 0 Å². The van der Waals surface area contributed by atoms with Gasteiger partial charge < -0.3 is 4.74 Å². The first-order chi connectivity index (χ1) is 7.26.